The van der Waals surface area contributed by atoms with Crippen LogP contribution in [0.2, 0.25) is 0 Å². The third-order valence-electron chi connectivity index (χ3n) is 2.67. The predicted molar refractivity (Wildman–Crippen MR) is 62.7 cm³/mol. The molecule has 1 unspecified atom stereocenters. The van der Waals surface area contributed by atoms with Crippen LogP contribution in [0.3, 0.4) is 0 Å². The summed E-state index contributed by atoms with van der Waals surface area (Å²) in [5.74, 6) is -0.666. The van der Waals surface area contributed by atoms with Crippen molar-refractivity contribution in [3.8, 4) is 0 Å². The van der Waals surface area contributed by atoms with E-state index in [1.54, 1.807) is 24.3 Å². The maximum absolute atomic E-state index is 12.1. The van der Waals surface area contributed by atoms with Gasteiger partial charge in [-0.1, -0.05) is 18.2 Å². The third kappa shape index (κ3) is 2.87. The summed E-state index contributed by atoms with van der Waals surface area (Å²) < 4.78 is 36.3. The first-order chi connectivity index (χ1) is 8.89. The molecule has 0 spiro atoms. The molecule has 1 amide bonds. The Balaban J connectivity index is 2.09. The standard InChI is InChI=1S/C12H11F3N2O2/c13-12(14,15)10(18)6-17-11(19)8-5-16-9-4-2-1-3-7(8)9/h1-5,10,16,18H,6H2,(H,17,19). The molecule has 0 aliphatic carbocycles. The summed E-state index contributed by atoms with van der Waals surface area (Å²) in [6.07, 6.45) is -5.89. The van der Waals surface area contributed by atoms with E-state index in [0.29, 0.717) is 10.9 Å². The zero-order chi connectivity index (χ0) is 14.0. The van der Waals surface area contributed by atoms with E-state index >= 15 is 0 Å². The van der Waals surface area contributed by atoms with Crippen molar-refractivity contribution in [2.45, 2.75) is 12.3 Å². The lowest BCUT2D eigenvalue weighted by atomic mass is 10.1. The smallest absolute Gasteiger partial charge is 0.382 e. The van der Waals surface area contributed by atoms with Gasteiger partial charge in [-0.15, -0.1) is 0 Å². The minimum absolute atomic E-state index is 0.241. The average molecular weight is 272 g/mol. The molecule has 19 heavy (non-hydrogen) atoms. The Morgan fingerprint density at radius 1 is 1.37 bits per heavy atom. The maximum atomic E-state index is 12.1. The van der Waals surface area contributed by atoms with Gasteiger partial charge in [-0.05, 0) is 6.07 Å². The fraction of sp³-hybridized carbons (Fsp3) is 0.250. The Kier molecular flexibility index (Phi) is 3.48. The second kappa shape index (κ2) is 4.93. The van der Waals surface area contributed by atoms with Gasteiger partial charge in [0.15, 0.2) is 6.10 Å². The van der Waals surface area contributed by atoms with Crippen molar-refractivity contribution in [1.29, 1.82) is 0 Å². The number of carbonyl (C=O) groups is 1. The van der Waals surface area contributed by atoms with Crippen molar-refractivity contribution >= 4 is 16.8 Å². The molecule has 7 heteroatoms. The Morgan fingerprint density at radius 3 is 2.74 bits per heavy atom. The number of halogens is 3. The highest BCUT2D eigenvalue weighted by Gasteiger charge is 2.38. The number of alkyl halides is 3. The number of aromatic nitrogens is 1. The van der Waals surface area contributed by atoms with E-state index in [1.807, 2.05) is 0 Å². The molecule has 2 aromatic rings. The fourth-order valence-corrected chi connectivity index (χ4v) is 1.66. The SMILES string of the molecule is O=C(NCC(O)C(F)(F)F)c1c[nH]c2ccccc12. The van der Waals surface area contributed by atoms with Crippen LogP contribution in [0, 0.1) is 0 Å². The highest BCUT2D eigenvalue weighted by molar-refractivity contribution is 6.06. The van der Waals surface area contributed by atoms with Gasteiger partial charge in [-0.3, -0.25) is 4.79 Å². The highest BCUT2D eigenvalue weighted by atomic mass is 19.4. The zero-order valence-corrected chi connectivity index (χ0v) is 9.66. The summed E-state index contributed by atoms with van der Waals surface area (Å²) in [6, 6.07) is 6.92. The zero-order valence-electron chi connectivity index (χ0n) is 9.66. The van der Waals surface area contributed by atoms with Crippen LogP contribution in [-0.2, 0) is 0 Å². The number of para-hydroxylation sites is 1. The van der Waals surface area contributed by atoms with Crippen molar-refractivity contribution in [3.63, 3.8) is 0 Å². The minimum atomic E-state index is -4.74. The summed E-state index contributed by atoms with van der Waals surface area (Å²) in [5.41, 5.74) is 0.953. The van der Waals surface area contributed by atoms with E-state index < -0.39 is 24.7 Å². The van der Waals surface area contributed by atoms with E-state index in [-0.39, 0.29) is 5.56 Å². The molecule has 3 N–H and O–H groups in total. The van der Waals surface area contributed by atoms with E-state index in [4.69, 9.17) is 5.11 Å². The molecule has 0 aliphatic rings. The summed E-state index contributed by atoms with van der Waals surface area (Å²) in [4.78, 5) is 14.6. The summed E-state index contributed by atoms with van der Waals surface area (Å²) in [7, 11) is 0. The quantitative estimate of drug-likeness (QED) is 0.798. The lowest BCUT2D eigenvalue weighted by molar-refractivity contribution is -0.201. The summed E-state index contributed by atoms with van der Waals surface area (Å²) in [6.45, 7) is -0.873. The number of H-pyrrole nitrogens is 1. The van der Waals surface area contributed by atoms with Crippen LogP contribution in [-0.4, -0.2) is 34.8 Å². The number of aliphatic hydroxyl groups is 1. The molecule has 4 nitrogen and oxygen atoms in total. The average Bonchev–Trinajstić information content (AvgIpc) is 2.78. The number of benzene rings is 1. The first-order valence-corrected chi connectivity index (χ1v) is 5.48. The van der Waals surface area contributed by atoms with Gasteiger partial charge in [0.05, 0.1) is 12.1 Å². The van der Waals surface area contributed by atoms with Crippen LogP contribution in [0.25, 0.3) is 10.9 Å². The van der Waals surface area contributed by atoms with Crippen LogP contribution >= 0.6 is 0 Å². The predicted octanol–water partition coefficient (Wildman–Crippen LogP) is 1.82. The molecule has 102 valence electrons. The van der Waals surface area contributed by atoms with Crippen molar-refractivity contribution in [3.05, 3.63) is 36.0 Å². The van der Waals surface area contributed by atoms with E-state index in [0.717, 1.165) is 0 Å². The molecule has 0 saturated heterocycles. The fourth-order valence-electron chi connectivity index (χ4n) is 1.66. The number of aromatic amines is 1. The number of amides is 1. The first-order valence-electron chi connectivity index (χ1n) is 5.48. The number of carbonyl (C=O) groups excluding carboxylic acids is 1. The Bertz CT molecular complexity index is 592. The van der Waals surface area contributed by atoms with Crippen molar-refractivity contribution in [2.75, 3.05) is 6.54 Å². The molecule has 2 rings (SSSR count). The summed E-state index contributed by atoms with van der Waals surface area (Å²) in [5, 5.41) is 11.5. The number of aliphatic hydroxyl groups excluding tert-OH is 1. The lowest BCUT2D eigenvalue weighted by Gasteiger charge is -2.14. The first kappa shape index (κ1) is 13.4. The van der Waals surface area contributed by atoms with Crippen LogP contribution in [0.15, 0.2) is 30.5 Å². The van der Waals surface area contributed by atoms with Gasteiger partial charge >= 0.3 is 6.18 Å². The molecule has 1 heterocycles. The molecule has 0 fully saturated rings. The number of nitrogens with one attached hydrogen (secondary N) is 2. The number of fused-ring (bicyclic) bond motifs is 1. The van der Waals surface area contributed by atoms with Crippen molar-refractivity contribution < 1.29 is 23.1 Å². The van der Waals surface area contributed by atoms with Gasteiger partial charge in [0.1, 0.15) is 0 Å². The molecule has 1 aromatic carbocycles. The molecule has 0 saturated carbocycles. The van der Waals surface area contributed by atoms with Gasteiger partial charge in [0.2, 0.25) is 0 Å². The normalized spacial score (nSPS) is 13.5. The van der Waals surface area contributed by atoms with Crippen LogP contribution in [0.5, 0.6) is 0 Å². The molecular weight excluding hydrogens is 261 g/mol. The van der Waals surface area contributed by atoms with Gasteiger partial charge < -0.3 is 15.4 Å². The van der Waals surface area contributed by atoms with Gasteiger partial charge in [-0.2, -0.15) is 13.2 Å². The Morgan fingerprint density at radius 2 is 2.05 bits per heavy atom. The molecule has 0 aliphatic heterocycles. The number of rotatable bonds is 3. The van der Waals surface area contributed by atoms with Crippen LogP contribution < -0.4 is 5.32 Å². The monoisotopic (exact) mass is 272 g/mol. The minimum Gasteiger partial charge on any atom is -0.382 e. The van der Waals surface area contributed by atoms with E-state index in [9.17, 15) is 18.0 Å². The summed E-state index contributed by atoms with van der Waals surface area (Å²) >= 11 is 0. The molecule has 1 atom stereocenters. The van der Waals surface area contributed by atoms with Crippen molar-refractivity contribution in [1.82, 2.24) is 10.3 Å². The van der Waals surface area contributed by atoms with Gasteiger partial charge in [0, 0.05) is 17.1 Å². The third-order valence-corrected chi connectivity index (χ3v) is 2.67. The highest BCUT2D eigenvalue weighted by Crippen LogP contribution is 2.20. The van der Waals surface area contributed by atoms with E-state index in [1.165, 1.54) is 6.20 Å². The van der Waals surface area contributed by atoms with Crippen molar-refractivity contribution in [2.24, 2.45) is 0 Å². The topological polar surface area (TPSA) is 65.1 Å². The Hall–Kier alpha value is -2.02. The number of hydrogen-bond acceptors (Lipinski definition) is 2. The lowest BCUT2D eigenvalue weighted by Crippen LogP contribution is -2.40. The van der Waals surface area contributed by atoms with E-state index in [2.05, 4.69) is 10.3 Å². The number of hydrogen-bond donors (Lipinski definition) is 3. The molecule has 1 aromatic heterocycles. The van der Waals surface area contributed by atoms with Gasteiger partial charge in [-0.25, -0.2) is 0 Å². The maximum Gasteiger partial charge on any atom is 0.416 e. The van der Waals surface area contributed by atoms with Crippen LogP contribution in [0.4, 0.5) is 13.2 Å². The largest absolute Gasteiger partial charge is 0.416 e. The second-order valence-electron chi connectivity index (χ2n) is 4.02. The second-order valence-corrected chi connectivity index (χ2v) is 4.02. The van der Waals surface area contributed by atoms with Gasteiger partial charge in [0.25, 0.3) is 5.91 Å². The van der Waals surface area contributed by atoms with Crippen LogP contribution in [0.1, 0.15) is 10.4 Å². The Labute approximate surface area is 106 Å². The molecule has 0 radical (unpaired) electrons. The molecule has 0 bridgehead atoms. The molecular formula is C12H11F3N2O2.